The first-order valence-corrected chi connectivity index (χ1v) is 6.62. The predicted octanol–water partition coefficient (Wildman–Crippen LogP) is 1.96. The summed E-state index contributed by atoms with van der Waals surface area (Å²) in [5, 5.41) is 12.7. The number of amides is 1. The van der Waals surface area contributed by atoms with Gasteiger partial charge in [-0.25, -0.2) is 0 Å². The molecule has 1 saturated carbocycles. The molecule has 0 atom stereocenters. The summed E-state index contributed by atoms with van der Waals surface area (Å²) in [4.78, 5) is 11.6. The van der Waals surface area contributed by atoms with Crippen LogP contribution in [0.5, 0.6) is 0 Å². The summed E-state index contributed by atoms with van der Waals surface area (Å²) >= 11 is 0. The standard InChI is InChI=1S/C15H21NO2/c1-12-3-5-13(6-4-12)7-8-14(17)16-11-15(18)9-2-10-15/h3-6,18H,2,7-11H2,1H3,(H,16,17). The maximum atomic E-state index is 11.6. The van der Waals surface area contributed by atoms with E-state index in [2.05, 4.69) is 36.5 Å². The number of benzene rings is 1. The largest absolute Gasteiger partial charge is 0.388 e. The number of aryl methyl sites for hydroxylation is 2. The van der Waals surface area contributed by atoms with Crippen LogP contribution >= 0.6 is 0 Å². The van der Waals surface area contributed by atoms with Crippen molar-refractivity contribution in [3.05, 3.63) is 35.4 Å². The second kappa shape index (κ2) is 5.53. The summed E-state index contributed by atoms with van der Waals surface area (Å²) in [6.45, 7) is 2.45. The van der Waals surface area contributed by atoms with Gasteiger partial charge in [-0.1, -0.05) is 29.8 Å². The third-order valence-corrected chi connectivity index (χ3v) is 3.66. The average Bonchev–Trinajstić information content (AvgIpc) is 2.33. The van der Waals surface area contributed by atoms with Gasteiger partial charge in [-0.15, -0.1) is 0 Å². The van der Waals surface area contributed by atoms with E-state index in [0.29, 0.717) is 13.0 Å². The Morgan fingerprint density at radius 3 is 2.56 bits per heavy atom. The van der Waals surface area contributed by atoms with Crippen LogP contribution in [-0.2, 0) is 11.2 Å². The third-order valence-electron chi connectivity index (χ3n) is 3.66. The SMILES string of the molecule is Cc1ccc(CCC(=O)NCC2(O)CCC2)cc1. The lowest BCUT2D eigenvalue weighted by atomic mass is 9.80. The van der Waals surface area contributed by atoms with E-state index in [4.69, 9.17) is 0 Å². The number of carbonyl (C=O) groups excluding carboxylic acids is 1. The molecule has 2 N–H and O–H groups in total. The summed E-state index contributed by atoms with van der Waals surface area (Å²) in [6, 6.07) is 8.23. The van der Waals surface area contributed by atoms with Crippen molar-refractivity contribution in [2.75, 3.05) is 6.54 Å². The third kappa shape index (κ3) is 3.57. The van der Waals surface area contributed by atoms with Gasteiger partial charge in [0.2, 0.25) is 5.91 Å². The second-order valence-corrected chi connectivity index (χ2v) is 5.34. The molecule has 0 saturated heterocycles. The van der Waals surface area contributed by atoms with E-state index in [1.54, 1.807) is 0 Å². The minimum Gasteiger partial charge on any atom is -0.388 e. The summed E-state index contributed by atoms with van der Waals surface area (Å²) in [6.07, 6.45) is 3.93. The first-order chi connectivity index (χ1) is 8.57. The smallest absolute Gasteiger partial charge is 0.220 e. The fraction of sp³-hybridized carbons (Fsp3) is 0.533. The molecule has 0 bridgehead atoms. The van der Waals surface area contributed by atoms with Crippen molar-refractivity contribution in [3.63, 3.8) is 0 Å². The highest BCUT2D eigenvalue weighted by molar-refractivity contribution is 5.76. The lowest BCUT2D eigenvalue weighted by Crippen LogP contribution is -2.47. The van der Waals surface area contributed by atoms with Gasteiger partial charge in [0.25, 0.3) is 0 Å². The van der Waals surface area contributed by atoms with Gasteiger partial charge < -0.3 is 10.4 Å². The molecule has 0 aliphatic heterocycles. The van der Waals surface area contributed by atoms with Gasteiger partial charge in [0, 0.05) is 13.0 Å². The molecule has 18 heavy (non-hydrogen) atoms. The Kier molecular flexibility index (Phi) is 4.02. The molecule has 0 aromatic heterocycles. The van der Waals surface area contributed by atoms with Crippen LogP contribution in [0.4, 0.5) is 0 Å². The molecule has 0 unspecified atom stereocenters. The van der Waals surface area contributed by atoms with Gasteiger partial charge in [-0.05, 0) is 38.2 Å². The van der Waals surface area contributed by atoms with E-state index in [0.717, 1.165) is 25.7 Å². The topological polar surface area (TPSA) is 49.3 Å². The zero-order valence-electron chi connectivity index (χ0n) is 10.9. The molecular formula is C15H21NO2. The molecule has 1 fully saturated rings. The molecular weight excluding hydrogens is 226 g/mol. The minimum absolute atomic E-state index is 0.0240. The van der Waals surface area contributed by atoms with Gasteiger partial charge in [0.1, 0.15) is 0 Å². The first kappa shape index (κ1) is 13.1. The van der Waals surface area contributed by atoms with Crippen molar-refractivity contribution in [1.29, 1.82) is 0 Å². The van der Waals surface area contributed by atoms with E-state index in [1.165, 1.54) is 11.1 Å². The number of aliphatic hydroxyl groups is 1. The summed E-state index contributed by atoms with van der Waals surface area (Å²) in [5.74, 6) is 0.0240. The summed E-state index contributed by atoms with van der Waals surface area (Å²) < 4.78 is 0. The highest BCUT2D eigenvalue weighted by Crippen LogP contribution is 2.30. The Morgan fingerprint density at radius 1 is 1.33 bits per heavy atom. The van der Waals surface area contributed by atoms with Gasteiger partial charge >= 0.3 is 0 Å². The Morgan fingerprint density at radius 2 is 2.00 bits per heavy atom. The van der Waals surface area contributed by atoms with Crippen molar-refractivity contribution >= 4 is 5.91 Å². The van der Waals surface area contributed by atoms with Crippen molar-refractivity contribution in [2.24, 2.45) is 0 Å². The lowest BCUT2D eigenvalue weighted by Gasteiger charge is -2.36. The molecule has 0 heterocycles. The number of hydrogen-bond donors (Lipinski definition) is 2. The molecule has 98 valence electrons. The van der Waals surface area contributed by atoms with E-state index in [1.807, 2.05) is 0 Å². The molecule has 1 aromatic rings. The second-order valence-electron chi connectivity index (χ2n) is 5.34. The molecule has 3 nitrogen and oxygen atoms in total. The monoisotopic (exact) mass is 247 g/mol. The number of carbonyl (C=O) groups is 1. The summed E-state index contributed by atoms with van der Waals surface area (Å²) in [7, 11) is 0. The maximum absolute atomic E-state index is 11.6. The Hall–Kier alpha value is -1.35. The van der Waals surface area contributed by atoms with Crippen LogP contribution in [0.2, 0.25) is 0 Å². The quantitative estimate of drug-likeness (QED) is 0.835. The van der Waals surface area contributed by atoms with Crippen molar-refractivity contribution in [3.8, 4) is 0 Å². The number of nitrogens with one attached hydrogen (secondary N) is 1. The van der Waals surface area contributed by atoms with Gasteiger partial charge in [0.05, 0.1) is 5.60 Å². The van der Waals surface area contributed by atoms with Gasteiger partial charge in [0.15, 0.2) is 0 Å². The fourth-order valence-corrected chi connectivity index (χ4v) is 2.13. The lowest BCUT2D eigenvalue weighted by molar-refractivity contribution is -0.123. The van der Waals surface area contributed by atoms with Crippen LogP contribution in [0.25, 0.3) is 0 Å². The molecule has 1 aromatic carbocycles. The molecule has 1 aliphatic rings. The van der Waals surface area contributed by atoms with Crippen LogP contribution in [-0.4, -0.2) is 23.2 Å². The predicted molar refractivity (Wildman–Crippen MR) is 71.3 cm³/mol. The van der Waals surface area contributed by atoms with E-state index in [-0.39, 0.29) is 5.91 Å². The van der Waals surface area contributed by atoms with Crippen LogP contribution in [0, 0.1) is 6.92 Å². The Labute approximate surface area is 108 Å². The zero-order valence-corrected chi connectivity index (χ0v) is 10.9. The van der Waals surface area contributed by atoms with Crippen molar-refractivity contribution in [1.82, 2.24) is 5.32 Å². The van der Waals surface area contributed by atoms with Crippen LogP contribution in [0.1, 0.15) is 36.8 Å². The molecule has 1 aliphatic carbocycles. The maximum Gasteiger partial charge on any atom is 0.220 e. The Bertz CT molecular complexity index is 407. The fourth-order valence-electron chi connectivity index (χ4n) is 2.13. The van der Waals surface area contributed by atoms with Crippen LogP contribution in [0.3, 0.4) is 0 Å². The van der Waals surface area contributed by atoms with E-state index in [9.17, 15) is 9.90 Å². The number of hydrogen-bond acceptors (Lipinski definition) is 2. The van der Waals surface area contributed by atoms with E-state index < -0.39 is 5.60 Å². The highest BCUT2D eigenvalue weighted by atomic mass is 16.3. The van der Waals surface area contributed by atoms with Gasteiger partial charge in [-0.3, -0.25) is 4.79 Å². The minimum atomic E-state index is -0.625. The first-order valence-electron chi connectivity index (χ1n) is 6.62. The van der Waals surface area contributed by atoms with E-state index >= 15 is 0 Å². The highest BCUT2D eigenvalue weighted by Gasteiger charge is 2.34. The zero-order chi connectivity index (χ0) is 13.0. The summed E-state index contributed by atoms with van der Waals surface area (Å²) in [5.41, 5.74) is 1.79. The molecule has 0 spiro atoms. The molecule has 1 amide bonds. The van der Waals surface area contributed by atoms with Gasteiger partial charge in [-0.2, -0.15) is 0 Å². The Balaban J connectivity index is 1.69. The number of rotatable bonds is 5. The van der Waals surface area contributed by atoms with Crippen molar-refractivity contribution < 1.29 is 9.90 Å². The van der Waals surface area contributed by atoms with Crippen molar-refractivity contribution in [2.45, 2.75) is 44.6 Å². The normalized spacial score (nSPS) is 17.0. The molecule has 0 radical (unpaired) electrons. The van der Waals surface area contributed by atoms with Crippen LogP contribution in [0.15, 0.2) is 24.3 Å². The average molecular weight is 247 g/mol. The molecule has 3 heteroatoms. The van der Waals surface area contributed by atoms with Crippen LogP contribution < -0.4 is 5.32 Å². The molecule has 2 rings (SSSR count).